The first kappa shape index (κ1) is 14.0. The number of methoxy groups -OCH3 is 1. The van der Waals surface area contributed by atoms with E-state index < -0.39 is 0 Å². The fraction of sp³-hybridized carbons (Fsp3) is 0.846. The van der Waals surface area contributed by atoms with Gasteiger partial charge in [0.25, 0.3) is 0 Å². The van der Waals surface area contributed by atoms with Crippen molar-refractivity contribution in [1.82, 2.24) is 14.8 Å². The third-order valence-corrected chi connectivity index (χ3v) is 4.56. The molecule has 0 aromatic carbocycles. The highest BCUT2D eigenvalue weighted by molar-refractivity contribution is 9.08. The van der Waals surface area contributed by atoms with Gasteiger partial charge in [-0.3, -0.25) is 0 Å². The third kappa shape index (κ3) is 2.62. The van der Waals surface area contributed by atoms with Crippen molar-refractivity contribution in [3.8, 4) is 0 Å². The van der Waals surface area contributed by atoms with Crippen molar-refractivity contribution >= 4 is 15.9 Å². The maximum absolute atomic E-state index is 5.19. The Balaban J connectivity index is 2.29. The van der Waals surface area contributed by atoms with E-state index in [2.05, 4.69) is 44.5 Å². The molecule has 1 aromatic heterocycles. The van der Waals surface area contributed by atoms with Crippen LogP contribution in [0.5, 0.6) is 0 Å². The summed E-state index contributed by atoms with van der Waals surface area (Å²) in [5.41, 5.74) is 0.335. The number of rotatable bonds is 5. The van der Waals surface area contributed by atoms with Crippen LogP contribution in [0, 0.1) is 5.41 Å². The molecule has 2 rings (SSSR count). The Kier molecular flexibility index (Phi) is 4.43. The first-order valence-electron chi connectivity index (χ1n) is 6.57. The molecular weight excluding hydrogens is 294 g/mol. The number of ether oxygens (including phenoxy) is 1. The van der Waals surface area contributed by atoms with Gasteiger partial charge in [0.05, 0.1) is 11.9 Å². The van der Waals surface area contributed by atoms with Crippen LogP contribution in [-0.2, 0) is 16.6 Å². The van der Waals surface area contributed by atoms with Crippen LogP contribution in [0.15, 0.2) is 0 Å². The maximum atomic E-state index is 5.19. The van der Waals surface area contributed by atoms with Gasteiger partial charge in [-0.15, -0.1) is 10.2 Å². The van der Waals surface area contributed by atoms with E-state index in [1.807, 2.05) is 0 Å². The highest BCUT2D eigenvalue weighted by Crippen LogP contribution is 2.48. The summed E-state index contributed by atoms with van der Waals surface area (Å²) in [7, 11) is 1.73. The fourth-order valence-electron chi connectivity index (χ4n) is 2.94. The molecular formula is C13H22BrN3O. The molecule has 1 heterocycles. The normalized spacial score (nSPS) is 22.6. The molecule has 0 radical (unpaired) electrons. The molecule has 1 fully saturated rings. The second kappa shape index (κ2) is 5.70. The molecule has 0 spiro atoms. The predicted molar refractivity (Wildman–Crippen MR) is 74.9 cm³/mol. The minimum atomic E-state index is 0.335. The van der Waals surface area contributed by atoms with Gasteiger partial charge >= 0.3 is 0 Å². The Labute approximate surface area is 117 Å². The number of aromatic nitrogens is 3. The van der Waals surface area contributed by atoms with Crippen molar-refractivity contribution in [3.05, 3.63) is 11.6 Å². The molecule has 0 saturated heterocycles. The molecule has 102 valence electrons. The molecule has 1 aliphatic rings. The summed E-state index contributed by atoms with van der Waals surface area (Å²) in [5, 5.41) is 9.50. The van der Waals surface area contributed by atoms with Crippen molar-refractivity contribution in [3.63, 3.8) is 0 Å². The lowest BCUT2D eigenvalue weighted by molar-refractivity contribution is 0.183. The monoisotopic (exact) mass is 315 g/mol. The summed E-state index contributed by atoms with van der Waals surface area (Å²) in [6.07, 6.45) is 3.79. The van der Waals surface area contributed by atoms with Crippen LogP contribution in [0.4, 0.5) is 0 Å². The molecule has 1 aromatic rings. The molecule has 18 heavy (non-hydrogen) atoms. The van der Waals surface area contributed by atoms with Crippen LogP contribution in [0.3, 0.4) is 0 Å². The van der Waals surface area contributed by atoms with Crippen molar-refractivity contribution in [2.45, 2.75) is 50.9 Å². The number of nitrogens with zero attached hydrogens (tertiary/aromatic N) is 3. The van der Waals surface area contributed by atoms with Crippen molar-refractivity contribution in [2.24, 2.45) is 5.41 Å². The van der Waals surface area contributed by atoms with Crippen LogP contribution in [0.2, 0.25) is 0 Å². The second-order valence-corrected chi connectivity index (χ2v) is 6.25. The van der Waals surface area contributed by atoms with Crippen molar-refractivity contribution in [2.75, 3.05) is 13.7 Å². The van der Waals surface area contributed by atoms with Crippen LogP contribution < -0.4 is 0 Å². The number of hydrogen-bond donors (Lipinski definition) is 0. The zero-order chi connectivity index (χ0) is 13.2. The standard InChI is InChI=1S/C13H22BrN3O/c1-13(2)6-4-5-10(13)12-16-15-11(9-14)17(12)7-8-18-3/h10H,4-9H2,1-3H3. The lowest BCUT2D eigenvalue weighted by atomic mass is 9.81. The van der Waals surface area contributed by atoms with Gasteiger partial charge in [0, 0.05) is 19.6 Å². The largest absolute Gasteiger partial charge is 0.383 e. The average Bonchev–Trinajstić information content (AvgIpc) is 2.88. The van der Waals surface area contributed by atoms with E-state index >= 15 is 0 Å². The van der Waals surface area contributed by atoms with Gasteiger partial charge in [-0.05, 0) is 18.3 Å². The summed E-state index contributed by atoms with van der Waals surface area (Å²) in [4.78, 5) is 0. The summed E-state index contributed by atoms with van der Waals surface area (Å²) < 4.78 is 7.42. The Morgan fingerprint density at radius 1 is 1.44 bits per heavy atom. The van der Waals surface area contributed by atoms with Gasteiger partial charge in [-0.2, -0.15) is 0 Å². The molecule has 0 bridgehead atoms. The van der Waals surface area contributed by atoms with Gasteiger partial charge in [0.2, 0.25) is 0 Å². The van der Waals surface area contributed by atoms with Gasteiger partial charge in [-0.25, -0.2) is 0 Å². The van der Waals surface area contributed by atoms with Gasteiger partial charge in [0.15, 0.2) is 0 Å². The molecule has 1 unspecified atom stereocenters. The molecule has 0 amide bonds. The van der Waals surface area contributed by atoms with E-state index in [0.29, 0.717) is 17.9 Å². The molecule has 0 N–H and O–H groups in total. The van der Waals surface area contributed by atoms with Crippen LogP contribution in [-0.4, -0.2) is 28.5 Å². The number of hydrogen-bond acceptors (Lipinski definition) is 3. The first-order chi connectivity index (χ1) is 8.60. The zero-order valence-electron chi connectivity index (χ0n) is 11.4. The SMILES string of the molecule is COCCn1c(CBr)nnc1C1CCCC1(C)C. The lowest BCUT2D eigenvalue weighted by Gasteiger charge is -2.26. The summed E-state index contributed by atoms with van der Waals surface area (Å²) in [6, 6.07) is 0. The smallest absolute Gasteiger partial charge is 0.143 e. The minimum absolute atomic E-state index is 0.335. The van der Waals surface area contributed by atoms with Crippen LogP contribution in [0.25, 0.3) is 0 Å². The molecule has 0 aliphatic heterocycles. The Hall–Kier alpha value is -0.420. The molecule has 1 atom stereocenters. The van der Waals surface area contributed by atoms with Gasteiger partial charge < -0.3 is 9.30 Å². The van der Waals surface area contributed by atoms with Crippen LogP contribution >= 0.6 is 15.9 Å². The maximum Gasteiger partial charge on any atom is 0.143 e. The number of halogens is 1. The highest BCUT2D eigenvalue weighted by atomic mass is 79.9. The average molecular weight is 316 g/mol. The van der Waals surface area contributed by atoms with Gasteiger partial charge in [-0.1, -0.05) is 36.2 Å². The van der Waals surface area contributed by atoms with Gasteiger partial charge in [0.1, 0.15) is 11.6 Å². The Bertz CT molecular complexity index is 403. The Morgan fingerprint density at radius 2 is 2.22 bits per heavy atom. The third-order valence-electron chi connectivity index (χ3n) is 4.06. The summed E-state index contributed by atoms with van der Waals surface area (Å²) in [6.45, 7) is 6.23. The van der Waals surface area contributed by atoms with E-state index in [-0.39, 0.29) is 0 Å². The molecule has 5 heteroatoms. The highest BCUT2D eigenvalue weighted by Gasteiger charge is 2.38. The van der Waals surface area contributed by atoms with E-state index in [1.54, 1.807) is 7.11 Å². The lowest BCUT2D eigenvalue weighted by Crippen LogP contribution is -2.21. The summed E-state index contributed by atoms with van der Waals surface area (Å²) >= 11 is 3.49. The summed E-state index contributed by atoms with van der Waals surface area (Å²) in [5.74, 6) is 2.67. The molecule has 4 nitrogen and oxygen atoms in total. The first-order valence-corrected chi connectivity index (χ1v) is 7.69. The molecule has 1 saturated carbocycles. The number of alkyl halides is 1. The Morgan fingerprint density at radius 3 is 2.78 bits per heavy atom. The quantitative estimate of drug-likeness (QED) is 0.784. The predicted octanol–water partition coefficient (Wildman–Crippen LogP) is 3.11. The second-order valence-electron chi connectivity index (χ2n) is 5.69. The topological polar surface area (TPSA) is 39.9 Å². The van der Waals surface area contributed by atoms with Crippen molar-refractivity contribution < 1.29 is 4.74 Å². The fourth-order valence-corrected chi connectivity index (χ4v) is 3.35. The van der Waals surface area contributed by atoms with Crippen LogP contribution in [0.1, 0.15) is 50.7 Å². The molecule has 1 aliphatic carbocycles. The zero-order valence-corrected chi connectivity index (χ0v) is 13.0. The van der Waals surface area contributed by atoms with Crippen molar-refractivity contribution in [1.29, 1.82) is 0 Å². The van der Waals surface area contributed by atoms with E-state index in [4.69, 9.17) is 4.74 Å². The van der Waals surface area contributed by atoms with E-state index in [1.165, 1.54) is 19.3 Å². The van der Waals surface area contributed by atoms with E-state index in [0.717, 1.165) is 23.5 Å². The minimum Gasteiger partial charge on any atom is -0.383 e. The van der Waals surface area contributed by atoms with E-state index in [9.17, 15) is 0 Å².